The minimum atomic E-state index is -0.769. The number of benzene rings is 1. The third-order valence-corrected chi connectivity index (χ3v) is 4.64. The number of hydrogen-bond acceptors (Lipinski definition) is 5. The van der Waals surface area contributed by atoms with Crippen LogP contribution in [-0.2, 0) is 17.6 Å². The quantitative estimate of drug-likeness (QED) is 0.753. The number of fused-ring (bicyclic) bond motifs is 2. The molecule has 1 saturated heterocycles. The summed E-state index contributed by atoms with van der Waals surface area (Å²) in [7, 11) is 0. The van der Waals surface area contributed by atoms with E-state index in [0.29, 0.717) is 38.3 Å². The molecule has 3 aliphatic rings. The van der Waals surface area contributed by atoms with Crippen LogP contribution in [0.4, 0.5) is 0 Å². The van der Waals surface area contributed by atoms with Gasteiger partial charge in [0, 0.05) is 42.1 Å². The minimum Gasteiger partial charge on any atom is -0.504 e. The fraction of sp³-hybridized carbons (Fsp3) is 0.533. The third kappa shape index (κ3) is 1.78. The van der Waals surface area contributed by atoms with E-state index in [1.807, 2.05) is 0 Å². The van der Waals surface area contributed by atoms with E-state index < -0.39 is 5.97 Å². The Morgan fingerprint density at radius 1 is 1.14 bits per heavy atom. The van der Waals surface area contributed by atoms with Gasteiger partial charge in [-0.1, -0.05) is 0 Å². The number of ether oxygens (including phenoxy) is 2. The molecule has 0 radical (unpaired) electrons. The SMILES string of the molecule is O=C(O)C1CNC(c2c3c(c(O)c4c2OCC4)OCC3)C1. The van der Waals surface area contributed by atoms with Crippen molar-refractivity contribution in [2.75, 3.05) is 19.8 Å². The Labute approximate surface area is 121 Å². The fourth-order valence-electron chi connectivity index (χ4n) is 3.63. The van der Waals surface area contributed by atoms with E-state index in [9.17, 15) is 15.0 Å². The molecule has 3 N–H and O–H groups in total. The van der Waals surface area contributed by atoms with E-state index in [2.05, 4.69) is 5.32 Å². The molecule has 0 aliphatic carbocycles. The molecule has 2 atom stereocenters. The van der Waals surface area contributed by atoms with E-state index in [1.165, 1.54) is 0 Å². The maximum Gasteiger partial charge on any atom is 0.307 e. The summed E-state index contributed by atoms with van der Waals surface area (Å²) in [4.78, 5) is 11.2. The molecule has 0 bridgehead atoms. The molecule has 0 amide bonds. The summed E-state index contributed by atoms with van der Waals surface area (Å²) in [5, 5.41) is 22.8. The predicted molar refractivity (Wildman–Crippen MR) is 73.0 cm³/mol. The molecule has 6 nitrogen and oxygen atoms in total. The van der Waals surface area contributed by atoms with Gasteiger partial charge in [0.15, 0.2) is 11.5 Å². The van der Waals surface area contributed by atoms with Crippen LogP contribution in [-0.4, -0.2) is 35.9 Å². The van der Waals surface area contributed by atoms with Gasteiger partial charge in [0.25, 0.3) is 0 Å². The lowest BCUT2D eigenvalue weighted by Crippen LogP contribution is -2.18. The number of aromatic hydroxyl groups is 1. The Morgan fingerprint density at radius 2 is 1.86 bits per heavy atom. The number of carboxylic acids is 1. The third-order valence-electron chi connectivity index (χ3n) is 4.64. The van der Waals surface area contributed by atoms with Crippen molar-refractivity contribution in [2.24, 2.45) is 5.92 Å². The topological polar surface area (TPSA) is 88.0 Å². The molecule has 1 aromatic rings. The number of phenols is 1. The largest absolute Gasteiger partial charge is 0.504 e. The lowest BCUT2D eigenvalue weighted by molar-refractivity contribution is -0.141. The van der Waals surface area contributed by atoms with Crippen LogP contribution in [0.15, 0.2) is 0 Å². The van der Waals surface area contributed by atoms with Crippen LogP contribution in [0.25, 0.3) is 0 Å². The molecule has 0 spiro atoms. The van der Waals surface area contributed by atoms with Crippen molar-refractivity contribution in [3.63, 3.8) is 0 Å². The molecule has 21 heavy (non-hydrogen) atoms. The number of phenolic OH excluding ortho intramolecular Hbond substituents is 1. The van der Waals surface area contributed by atoms with Crippen LogP contribution in [0.1, 0.15) is 29.2 Å². The highest BCUT2D eigenvalue weighted by molar-refractivity contribution is 5.71. The highest BCUT2D eigenvalue weighted by atomic mass is 16.5. The van der Waals surface area contributed by atoms with Gasteiger partial charge in [0.1, 0.15) is 5.75 Å². The van der Waals surface area contributed by atoms with Gasteiger partial charge in [-0.2, -0.15) is 0 Å². The van der Waals surface area contributed by atoms with Gasteiger partial charge in [0.2, 0.25) is 0 Å². The van der Waals surface area contributed by atoms with Crippen molar-refractivity contribution in [3.8, 4) is 17.2 Å². The van der Waals surface area contributed by atoms with Crippen LogP contribution in [0.5, 0.6) is 17.2 Å². The molecular formula is C15H17NO5. The van der Waals surface area contributed by atoms with Gasteiger partial charge in [-0.15, -0.1) is 0 Å². The number of hydrogen-bond donors (Lipinski definition) is 3. The Kier molecular flexibility index (Phi) is 2.75. The maximum atomic E-state index is 11.2. The average molecular weight is 291 g/mol. The first-order valence-corrected chi connectivity index (χ1v) is 7.29. The van der Waals surface area contributed by atoms with Crippen LogP contribution in [0, 0.1) is 5.92 Å². The molecule has 3 aliphatic heterocycles. The Morgan fingerprint density at radius 3 is 2.57 bits per heavy atom. The number of nitrogens with one attached hydrogen (secondary N) is 1. The summed E-state index contributed by atoms with van der Waals surface area (Å²) in [6.07, 6.45) is 1.94. The molecule has 6 heteroatoms. The standard InChI is InChI=1S/C15H17NO5/c17-12-9-2-4-20-13(9)11(8-1-3-21-14(8)12)10-5-7(6-16-10)15(18)19/h7,10,16-17H,1-6H2,(H,18,19). The molecule has 1 aromatic carbocycles. The smallest absolute Gasteiger partial charge is 0.307 e. The molecule has 2 unspecified atom stereocenters. The first-order valence-electron chi connectivity index (χ1n) is 7.29. The van der Waals surface area contributed by atoms with Gasteiger partial charge in [-0.05, 0) is 6.42 Å². The van der Waals surface area contributed by atoms with Crippen LogP contribution < -0.4 is 14.8 Å². The number of carboxylic acid groups (broad SMARTS) is 1. The van der Waals surface area contributed by atoms with E-state index in [-0.39, 0.29) is 17.7 Å². The van der Waals surface area contributed by atoms with E-state index in [0.717, 1.165) is 28.9 Å². The lowest BCUT2D eigenvalue weighted by Gasteiger charge is -2.19. The molecule has 3 heterocycles. The number of rotatable bonds is 2. The fourth-order valence-corrected chi connectivity index (χ4v) is 3.63. The first kappa shape index (κ1) is 12.8. The van der Waals surface area contributed by atoms with Crippen LogP contribution >= 0.6 is 0 Å². The van der Waals surface area contributed by atoms with Gasteiger partial charge in [-0.25, -0.2) is 0 Å². The predicted octanol–water partition coefficient (Wildman–Crippen LogP) is 0.997. The molecule has 112 valence electrons. The summed E-state index contributed by atoms with van der Waals surface area (Å²) >= 11 is 0. The normalized spacial score (nSPS) is 26.1. The molecule has 4 rings (SSSR count). The zero-order valence-electron chi connectivity index (χ0n) is 11.5. The zero-order valence-corrected chi connectivity index (χ0v) is 11.5. The summed E-state index contributed by atoms with van der Waals surface area (Å²) in [6.45, 7) is 1.56. The Hall–Kier alpha value is -1.95. The van der Waals surface area contributed by atoms with Crippen LogP contribution in [0.3, 0.4) is 0 Å². The van der Waals surface area contributed by atoms with E-state index >= 15 is 0 Å². The van der Waals surface area contributed by atoms with Crippen LogP contribution in [0.2, 0.25) is 0 Å². The average Bonchev–Trinajstić information content (AvgIpc) is 3.19. The molecular weight excluding hydrogens is 274 g/mol. The molecule has 0 saturated carbocycles. The Bertz CT molecular complexity index is 592. The van der Waals surface area contributed by atoms with Gasteiger partial charge in [-0.3, -0.25) is 4.79 Å². The van der Waals surface area contributed by atoms with Crippen molar-refractivity contribution in [2.45, 2.75) is 25.3 Å². The lowest BCUT2D eigenvalue weighted by atomic mass is 9.91. The highest BCUT2D eigenvalue weighted by Gasteiger charge is 2.38. The summed E-state index contributed by atoms with van der Waals surface area (Å²) in [6, 6.07) is -0.0472. The zero-order chi connectivity index (χ0) is 14.6. The number of carbonyl (C=O) groups is 1. The van der Waals surface area contributed by atoms with Gasteiger partial charge < -0.3 is 25.0 Å². The van der Waals surface area contributed by atoms with Gasteiger partial charge in [0.05, 0.1) is 19.1 Å². The second-order valence-electron chi connectivity index (χ2n) is 5.81. The summed E-state index contributed by atoms with van der Waals surface area (Å²) < 4.78 is 11.3. The first-order chi connectivity index (χ1) is 10.2. The minimum absolute atomic E-state index is 0.0472. The summed E-state index contributed by atoms with van der Waals surface area (Å²) in [5.41, 5.74) is 2.76. The Balaban J connectivity index is 1.81. The van der Waals surface area contributed by atoms with E-state index in [1.54, 1.807) is 0 Å². The highest BCUT2D eigenvalue weighted by Crippen LogP contribution is 2.51. The molecule has 1 fully saturated rings. The maximum absolute atomic E-state index is 11.2. The van der Waals surface area contributed by atoms with E-state index in [4.69, 9.17) is 9.47 Å². The van der Waals surface area contributed by atoms with Crippen molar-refractivity contribution < 1.29 is 24.5 Å². The van der Waals surface area contributed by atoms with Crippen molar-refractivity contribution in [1.82, 2.24) is 5.32 Å². The van der Waals surface area contributed by atoms with Crippen molar-refractivity contribution in [1.29, 1.82) is 0 Å². The monoisotopic (exact) mass is 291 g/mol. The number of aliphatic carboxylic acids is 1. The van der Waals surface area contributed by atoms with Crippen molar-refractivity contribution >= 4 is 5.97 Å². The van der Waals surface area contributed by atoms with Gasteiger partial charge >= 0.3 is 5.97 Å². The molecule has 0 aromatic heterocycles. The summed E-state index contributed by atoms with van der Waals surface area (Å²) in [5.74, 6) is 0.356. The second kappa shape index (κ2) is 4.53. The second-order valence-corrected chi connectivity index (χ2v) is 5.81. The van der Waals surface area contributed by atoms with Crippen molar-refractivity contribution in [3.05, 3.63) is 16.7 Å².